The Morgan fingerprint density at radius 3 is 2.36 bits per heavy atom. The fourth-order valence-electron chi connectivity index (χ4n) is 2.67. The van der Waals surface area contributed by atoms with Gasteiger partial charge in [0.25, 0.3) is 5.56 Å². The van der Waals surface area contributed by atoms with Gasteiger partial charge in [0.2, 0.25) is 0 Å². The summed E-state index contributed by atoms with van der Waals surface area (Å²) in [4.78, 5) is 27.9. The van der Waals surface area contributed by atoms with Gasteiger partial charge in [0.05, 0.1) is 30.7 Å². The maximum Gasteiger partial charge on any atom is 0.329 e. The molecule has 132 valence electrons. The van der Waals surface area contributed by atoms with Crippen LogP contribution in [0.4, 0.5) is 0 Å². The van der Waals surface area contributed by atoms with Gasteiger partial charge in [0.15, 0.2) is 11.5 Å². The Labute approximate surface area is 143 Å². The SMILES string of the molecule is CCOc1cc2[nH]c(=O)n(Cc3ccc(C)o3)c(=O)c2cc1OCC. The van der Waals surface area contributed by atoms with E-state index in [2.05, 4.69) is 4.98 Å². The normalized spacial score (nSPS) is 11.0. The van der Waals surface area contributed by atoms with Crippen LogP contribution in [-0.4, -0.2) is 22.8 Å². The van der Waals surface area contributed by atoms with Crippen molar-refractivity contribution >= 4 is 10.9 Å². The zero-order chi connectivity index (χ0) is 18.0. The quantitative estimate of drug-likeness (QED) is 0.742. The van der Waals surface area contributed by atoms with Crippen molar-refractivity contribution in [2.75, 3.05) is 13.2 Å². The summed E-state index contributed by atoms with van der Waals surface area (Å²) in [5.41, 5.74) is -0.497. The van der Waals surface area contributed by atoms with Crippen LogP contribution < -0.4 is 20.7 Å². The van der Waals surface area contributed by atoms with Gasteiger partial charge in [-0.25, -0.2) is 4.79 Å². The number of fused-ring (bicyclic) bond motifs is 1. The van der Waals surface area contributed by atoms with Gasteiger partial charge in [-0.15, -0.1) is 0 Å². The molecule has 0 aliphatic heterocycles. The number of aryl methyl sites for hydroxylation is 1. The van der Waals surface area contributed by atoms with E-state index in [9.17, 15) is 9.59 Å². The van der Waals surface area contributed by atoms with Crippen molar-refractivity contribution in [3.63, 3.8) is 0 Å². The van der Waals surface area contributed by atoms with Crippen LogP contribution in [0.25, 0.3) is 10.9 Å². The Kier molecular flexibility index (Phi) is 4.65. The lowest BCUT2D eigenvalue weighted by Crippen LogP contribution is -2.35. The van der Waals surface area contributed by atoms with Crippen LogP contribution in [0.15, 0.2) is 38.3 Å². The van der Waals surface area contributed by atoms with Gasteiger partial charge in [0.1, 0.15) is 11.5 Å². The van der Waals surface area contributed by atoms with Crippen molar-refractivity contribution < 1.29 is 13.9 Å². The maximum atomic E-state index is 12.8. The largest absolute Gasteiger partial charge is 0.490 e. The van der Waals surface area contributed by atoms with Crippen molar-refractivity contribution in [1.82, 2.24) is 9.55 Å². The fourth-order valence-corrected chi connectivity index (χ4v) is 2.67. The predicted molar refractivity (Wildman–Crippen MR) is 93.7 cm³/mol. The minimum atomic E-state index is -0.502. The number of aromatic nitrogens is 2. The molecule has 7 nitrogen and oxygen atoms in total. The molecule has 0 saturated carbocycles. The van der Waals surface area contributed by atoms with Crippen LogP contribution in [-0.2, 0) is 6.54 Å². The van der Waals surface area contributed by atoms with Crippen LogP contribution in [0.5, 0.6) is 11.5 Å². The Bertz CT molecular complexity index is 1010. The summed E-state index contributed by atoms with van der Waals surface area (Å²) in [6.45, 7) is 6.46. The molecular weight excluding hydrogens is 324 g/mol. The first kappa shape index (κ1) is 16.9. The highest BCUT2D eigenvalue weighted by atomic mass is 16.5. The highest BCUT2D eigenvalue weighted by Gasteiger charge is 2.14. The highest BCUT2D eigenvalue weighted by Crippen LogP contribution is 2.30. The molecule has 0 spiro atoms. The number of ether oxygens (including phenoxy) is 2. The molecule has 25 heavy (non-hydrogen) atoms. The lowest BCUT2D eigenvalue weighted by molar-refractivity contribution is 0.288. The highest BCUT2D eigenvalue weighted by molar-refractivity contribution is 5.81. The lowest BCUT2D eigenvalue weighted by Gasteiger charge is -2.12. The van der Waals surface area contributed by atoms with E-state index < -0.39 is 11.2 Å². The van der Waals surface area contributed by atoms with E-state index in [0.29, 0.717) is 41.4 Å². The van der Waals surface area contributed by atoms with Crippen molar-refractivity contribution in [3.05, 3.63) is 56.6 Å². The number of nitrogens with one attached hydrogen (secondary N) is 1. The van der Waals surface area contributed by atoms with Crippen LogP contribution in [0.2, 0.25) is 0 Å². The van der Waals surface area contributed by atoms with Crippen molar-refractivity contribution in [3.8, 4) is 11.5 Å². The number of H-pyrrole nitrogens is 1. The predicted octanol–water partition coefficient (Wildman–Crippen LogP) is 2.44. The van der Waals surface area contributed by atoms with E-state index in [-0.39, 0.29) is 6.54 Å². The summed E-state index contributed by atoms with van der Waals surface area (Å²) in [6.07, 6.45) is 0. The molecule has 0 aliphatic rings. The van der Waals surface area contributed by atoms with Crippen LogP contribution in [0.3, 0.4) is 0 Å². The third-order valence-corrected chi connectivity index (χ3v) is 3.76. The number of benzene rings is 1. The molecule has 0 radical (unpaired) electrons. The Hall–Kier alpha value is -2.96. The molecule has 2 aromatic heterocycles. The number of aromatic amines is 1. The zero-order valence-electron chi connectivity index (χ0n) is 14.4. The summed E-state index contributed by atoms with van der Waals surface area (Å²) in [6, 6.07) is 6.76. The number of rotatable bonds is 6. The van der Waals surface area contributed by atoms with E-state index in [1.54, 1.807) is 31.2 Å². The van der Waals surface area contributed by atoms with Crippen LogP contribution >= 0.6 is 0 Å². The van der Waals surface area contributed by atoms with Gasteiger partial charge in [0, 0.05) is 6.07 Å². The molecule has 1 aromatic carbocycles. The van der Waals surface area contributed by atoms with Gasteiger partial charge < -0.3 is 18.9 Å². The summed E-state index contributed by atoms with van der Waals surface area (Å²) < 4.78 is 17.7. The number of nitrogens with zero attached hydrogens (tertiary/aromatic N) is 1. The van der Waals surface area contributed by atoms with Gasteiger partial charge in [-0.2, -0.15) is 0 Å². The topological polar surface area (TPSA) is 86.5 Å². The second-order valence-corrected chi connectivity index (χ2v) is 5.54. The van der Waals surface area contributed by atoms with E-state index in [0.717, 1.165) is 10.3 Å². The molecular formula is C18H20N2O5. The molecule has 3 rings (SSSR count). The molecule has 0 aliphatic carbocycles. The molecule has 0 amide bonds. The van der Waals surface area contributed by atoms with Crippen LogP contribution in [0, 0.1) is 6.92 Å². The zero-order valence-corrected chi connectivity index (χ0v) is 14.4. The van der Waals surface area contributed by atoms with E-state index in [4.69, 9.17) is 13.9 Å². The molecule has 3 aromatic rings. The molecule has 0 fully saturated rings. The fraction of sp³-hybridized carbons (Fsp3) is 0.333. The first-order chi connectivity index (χ1) is 12.0. The van der Waals surface area contributed by atoms with E-state index in [1.165, 1.54) is 0 Å². The summed E-state index contributed by atoms with van der Waals surface area (Å²) in [7, 11) is 0. The molecule has 0 saturated heterocycles. The second-order valence-electron chi connectivity index (χ2n) is 5.54. The van der Waals surface area contributed by atoms with E-state index >= 15 is 0 Å². The summed E-state index contributed by atoms with van der Waals surface area (Å²) in [5.74, 6) is 2.23. The smallest absolute Gasteiger partial charge is 0.329 e. The first-order valence-electron chi connectivity index (χ1n) is 8.15. The van der Waals surface area contributed by atoms with Crippen molar-refractivity contribution in [1.29, 1.82) is 0 Å². The molecule has 0 unspecified atom stereocenters. The second kappa shape index (κ2) is 6.88. The average molecular weight is 344 g/mol. The number of hydrogen-bond acceptors (Lipinski definition) is 5. The minimum Gasteiger partial charge on any atom is -0.490 e. The third kappa shape index (κ3) is 3.31. The van der Waals surface area contributed by atoms with Gasteiger partial charge in [-0.05, 0) is 39.0 Å². The Morgan fingerprint density at radius 1 is 1.08 bits per heavy atom. The molecule has 0 atom stereocenters. The summed E-state index contributed by atoms with van der Waals surface area (Å²) >= 11 is 0. The number of furan rings is 1. The lowest BCUT2D eigenvalue weighted by atomic mass is 10.2. The maximum absolute atomic E-state index is 12.8. The van der Waals surface area contributed by atoms with Gasteiger partial charge in [-0.1, -0.05) is 0 Å². The minimum absolute atomic E-state index is 0.0646. The van der Waals surface area contributed by atoms with Crippen molar-refractivity contribution in [2.45, 2.75) is 27.3 Å². The molecule has 1 N–H and O–H groups in total. The standard InChI is InChI=1S/C18H20N2O5/c1-4-23-15-8-13-14(9-16(15)24-5-2)19-18(22)20(17(13)21)10-12-7-6-11(3)25-12/h6-9H,4-5,10H2,1-3H3,(H,19,22). The van der Waals surface area contributed by atoms with Crippen LogP contribution in [0.1, 0.15) is 25.4 Å². The first-order valence-corrected chi connectivity index (χ1v) is 8.15. The average Bonchev–Trinajstić information content (AvgIpc) is 2.98. The Morgan fingerprint density at radius 2 is 1.76 bits per heavy atom. The molecule has 7 heteroatoms. The third-order valence-electron chi connectivity index (χ3n) is 3.76. The Balaban J connectivity index is 2.15. The monoisotopic (exact) mass is 344 g/mol. The van der Waals surface area contributed by atoms with E-state index in [1.807, 2.05) is 13.8 Å². The van der Waals surface area contributed by atoms with Crippen molar-refractivity contribution in [2.24, 2.45) is 0 Å². The molecule has 0 bridgehead atoms. The van der Waals surface area contributed by atoms with Gasteiger partial charge >= 0.3 is 5.69 Å². The number of hydrogen-bond donors (Lipinski definition) is 1. The molecule has 2 heterocycles. The van der Waals surface area contributed by atoms with Gasteiger partial charge in [-0.3, -0.25) is 9.36 Å². The summed E-state index contributed by atoms with van der Waals surface area (Å²) in [5, 5.41) is 0.356.